The summed E-state index contributed by atoms with van der Waals surface area (Å²) >= 11 is 0. The zero-order valence-electron chi connectivity index (χ0n) is 19.2. The number of ether oxygens (including phenoxy) is 1. The van der Waals surface area contributed by atoms with E-state index in [-0.39, 0.29) is 35.4 Å². The summed E-state index contributed by atoms with van der Waals surface area (Å²) in [5.41, 5.74) is -1.06. The van der Waals surface area contributed by atoms with Gasteiger partial charge in [-0.2, -0.15) is 0 Å². The molecule has 2 aliphatic carbocycles. The molecule has 3 rings (SSSR count). The van der Waals surface area contributed by atoms with Crippen LogP contribution in [0.4, 0.5) is 4.79 Å². The molecule has 1 heterocycles. The summed E-state index contributed by atoms with van der Waals surface area (Å²) in [4.78, 5) is 29.6. The van der Waals surface area contributed by atoms with Gasteiger partial charge in [0.25, 0.3) is 0 Å². The topological polar surface area (TPSA) is 49.9 Å². The van der Waals surface area contributed by atoms with Gasteiger partial charge in [-0.1, -0.05) is 62.5 Å². The van der Waals surface area contributed by atoms with E-state index in [0.717, 1.165) is 12.8 Å². The average molecular weight is 413 g/mol. The fourth-order valence-corrected chi connectivity index (χ4v) is 5.37. The van der Waals surface area contributed by atoms with Gasteiger partial charge < -0.3 is 4.74 Å². The van der Waals surface area contributed by atoms with Gasteiger partial charge in [0, 0.05) is 24.0 Å². The summed E-state index contributed by atoms with van der Waals surface area (Å²) in [5, 5.41) is 0. The zero-order chi connectivity index (χ0) is 22.2. The highest BCUT2D eigenvalue weighted by molar-refractivity contribution is 5.94. The summed E-state index contributed by atoms with van der Waals surface area (Å²) in [6.07, 6.45) is 18.6. The largest absolute Gasteiger partial charge is 0.441 e. The third-order valence-corrected chi connectivity index (χ3v) is 6.69. The molecule has 0 saturated carbocycles. The molecule has 0 aromatic carbocycles. The van der Waals surface area contributed by atoms with E-state index in [1.54, 1.807) is 0 Å². The van der Waals surface area contributed by atoms with Crippen molar-refractivity contribution in [1.29, 1.82) is 0 Å². The van der Waals surface area contributed by atoms with Crippen LogP contribution in [0, 0.1) is 5.92 Å². The van der Waals surface area contributed by atoms with Gasteiger partial charge in [0.15, 0.2) is 0 Å². The number of hydrogen-bond acceptors (Lipinski definition) is 4. The Morgan fingerprint density at radius 3 is 2.03 bits per heavy atom. The molecule has 2 amide bonds. The van der Waals surface area contributed by atoms with E-state index in [0.29, 0.717) is 6.54 Å². The molecular weight excluding hydrogens is 376 g/mol. The number of nitrogens with zero attached hydrogens (tertiary/aromatic N) is 2. The smallest absolute Gasteiger partial charge is 0.417 e. The van der Waals surface area contributed by atoms with Gasteiger partial charge in [0.1, 0.15) is 5.60 Å². The zero-order valence-corrected chi connectivity index (χ0v) is 19.2. The summed E-state index contributed by atoms with van der Waals surface area (Å²) in [6.45, 7) is 12.8. The molecule has 3 aliphatic rings. The van der Waals surface area contributed by atoms with Gasteiger partial charge in [-0.05, 0) is 46.5 Å². The minimum atomic E-state index is -0.674. The van der Waals surface area contributed by atoms with Crippen molar-refractivity contribution >= 4 is 12.0 Å². The van der Waals surface area contributed by atoms with E-state index in [2.05, 4.69) is 67.4 Å². The van der Waals surface area contributed by atoms with Crippen LogP contribution in [0.2, 0.25) is 0 Å². The fourth-order valence-electron chi connectivity index (χ4n) is 5.37. The van der Waals surface area contributed by atoms with E-state index in [4.69, 9.17) is 4.74 Å². The molecule has 1 aliphatic heterocycles. The lowest BCUT2D eigenvalue weighted by atomic mass is 9.82. The maximum Gasteiger partial charge on any atom is 0.417 e. The van der Waals surface area contributed by atoms with Crippen molar-refractivity contribution in [3.8, 4) is 0 Å². The van der Waals surface area contributed by atoms with Crippen molar-refractivity contribution in [2.75, 3.05) is 6.54 Å². The molecule has 5 heteroatoms. The van der Waals surface area contributed by atoms with Crippen molar-refractivity contribution in [3.05, 3.63) is 48.6 Å². The molecule has 5 nitrogen and oxygen atoms in total. The van der Waals surface area contributed by atoms with E-state index in [1.807, 2.05) is 27.7 Å². The molecule has 0 N–H and O–H groups in total. The molecule has 0 spiro atoms. The number of cyclic esters (lactones) is 1. The molecule has 164 valence electrons. The number of carbonyl (C=O) groups excluding carboxylic acids is 2. The van der Waals surface area contributed by atoms with E-state index < -0.39 is 11.7 Å². The normalized spacial score (nSPS) is 32.3. The Morgan fingerprint density at radius 2 is 1.60 bits per heavy atom. The molecule has 1 fully saturated rings. The quantitative estimate of drug-likeness (QED) is 0.615. The highest BCUT2D eigenvalue weighted by Crippen LogP contribution is 2.38. The van der Waals surface area contributed by atoms with E-state index >= 15 is 0 Å². The van der Waals surface area contributed by atoms with Crippen LogP contribution in [0.5, 0.6) is 0 Å². The second-order valence-corrected chi connectivity index (χ2v) is 10.0. The molecule has 1 saturated heterocycles. The van der Waals surface area contributed by atoms with Crippen LogP contribution in [0.1, 0.15) is 60.8 Å². The van der Waals surface area contributed by atoms with Crippen molar-refractivity contribution in [1.82, 2.24) is 9.80 Å². The minimum absolute atomic E-state index is 0.124. The Balaban J connectivity index is 1.82. The van der Waals surface area contributed by atoms with E-state index in [9.17, 15) is 9.59 Å². The van der Waals surface area contributed by atoms with Crippen LogP contribution in [0.25, 0.3) is 0 Å². The fraction of sp³-hybridized carbons (Fsp3) is 0.600. The van der Waals surface area contributed by atoms with Gasteiger partial charge >= 0.3 is 6.09 Å². The van der Waals surface area contributed by atoms with Gasteiger partial charge in [-0.15, -0.1) is 0 Å². The van der Waals surface area contributed by atoms with Crippen molar-refractivity contribution in [2.24, 2.45) is 5.92 Å². The maximum atomic E-state index is 13.3. The number of rotatable bonds is 6. The Labute approximate surface area is 181 Å². The van der Waals surface area contributed by atoms with Crippen LogP contribution >= 0.6 is 0 Å². The van der Waals surface area contributed by atoms with Crippen molar-refractivity contribution in [3.63, 3.8) is 0 Å². The summed E-state index contributed by atoms with van der Waals surface area (Å²) < 4.78 is 5.55. The van der Waals surface area contributed by atoms with Crippen LogP contribution in [0.15, 0.2) is 48.6 Å². The number of carbonyl (C=O) groups is 2. The maximum absolute atomic E-state index is 13.3. The van der Waals surface area contributed by atoms with Crippen molar-refractivity contribution in [2.45, 2.75) is 83.5 Å². The van der Waals surface area contributed by atoms with Crippen LogP contribution in [0.3, 0.4) is 0 Å². The standard InChI is InChI=1S/C25H36N2O3/c1-19(2)21-23(3,4)30-22(29)27(21)20(28)13-18-26(24(5)14-9-7-10-15-24)25(6)16-11-8-12-17-25/h7-12,14,16,19,21H,13,15,17-18H2,1-6H3/t21-,24?,25?/m0/s1. The number of hydrogen-bond donors (Lipinski definition) is 0. The first kappa shape index (κ1) is 22.5. The predicted octanol–water partition coefficient (Wildman–Crippen LogP) is 5.01. The molecule has 3 atom stereocenters. The first-order valence-corrected chi connectivity index (χ1v) is 11.0. The Bertz CT molecular complexity index is 771. The Kier molecular flexibility index (Phi) is 6.15. The molecule has 0 aromatic rings. The second-order valence-electron chi connectivity index (χ2n) is 10.0. The summed E-state index contributed by atoms with van der Waals surface area (Å²) in [5.74, 6) is -0.0356. The molecule has 0 aromatic heterocycles. The predicted molar refractivity (Wildman–Crippen MR) is 120 cm³/mol. The third kappa shape index (κ3) is 4.18. The lowest BCUT2D eigenvalue weighted by Crippen LogP contribution is -2.58. The lowest BCUT2D eigenvalue weighted by Gasteiger charge is -2.50. The molecular formula is C25H36N2O3. The van der Waals surface area contributed by atoms with Crippen LogP contribution < -0.4 is 0 Å². The van der Waals surface area contributed by atoms with Crippen LogP contribution in [-0.2, 0) is 9.53 Å². The third-order valence-electron chi connectivity index (χ3n) is 6.69. The molecule has 0 bridgehead atoms. The van der Waals surface area contributed by atoms with Gasteiger partial charge in [0.05, 0.1) is 6.04 Å². The Hall–Kier alpha value is -2.14. The summed E-state index contributed by atoms with van der Waals surface area (Å²) in [7, 11) is 0. The lowest BCUT2D eigenvalue weighted by molar-refractivity contribution is -0.131. The minimum Gasteiger partial charge on any atom is -0.441 e. The van der Waals surface area contributed by atoms with Gasteiger partial charge in [-0.3, -0.25) is 9.69 Å². The monoisotopic (exact) mass is 412 g/mol. The second kappa shape index (κ2) is 8.18. The number of imide groups is 1. The first-order valence-electron chi connectivity index (χ1n) is 11.0. The summed E-state index contributed by atoms with van der Waals surface area (Å²) in [6, 6.07) is -0.257. The molecule has 0 radical (unpaired) electrons. The Morgan fingerprint density at radius 1 is 1.07 bits per heavy atom. The average Bonchev–Trinajstić information content (AvgIpc) is 2.91. The van der Waals surface area contributed by atoms with Crippen molar-refractivity contribution < 1.29 is 14.3 Å². The first-order chi connectivity index (χ1) is 14.0. The van der Waals surface area contributed by atoms with E-state index in [1.165, 1.54) is 4.90 Å². The van der Waals surface area contributed by atoms with Crippen LogP contribution in [-0.4, -0.2) is 51.1 Å². The van der Waals surface area contributed by atoms with Gasteiger partial charge in [-0.25, -0.2) is 9.69 Å². The molecule has 30 heavy (non-hydrogen) atoms. The molecule has 2 unspecified atom stereocenters. The van der Waals surface area contributed by atoms with Gasteiger partial charge in [0.2, 0.25) is 5.91 Å². The SMILES string of the molecule is CC(C)[C@@H]1N(C(=O)CCN(C2(C)C=CC=CC2)C2(C)C=CC=CC2)C(=O)OC1(C)C. The number of allylic oxidation sites excluding steroid dienone is 4. The highest BCUT2D eigenvalue weighted by Gasteiger charge is 2.52. The highest BCUT2D eigenvalue weighted by atomic mass is 16.6. The number of amides is 2.